The third-order valence-corrected chi connectivity index (χ3v) is 3.53. The van der Waals surface area contributed by atoms with Crippen molar-refractivity contribution in [1.82, 2.24) is 9.78 Å². The van der Waals surface area contributed by atoms with Gasteiger partial charge in [-0.15, -0.1) is 0 Å². The number of benzene rings is 1. The highest BCUT2D eigenvalue weighted by Gasteiger charge is 2.17. The lowest BCUT2D eigenvalue weighted by molar-refractivity contribution is -0.384. The van der Waals surface area contributed by atoms with Crippen LogP contribution in [-0.2, 0) is 11.3 Å². The molecule has 23 heavy (non-hydrogen) atoms. The average Bonchev–Trinajstić information content (AvgIpc) is 2.91. The summed E-state index contributed by atoms with van der Waals surface area (Å²) in [7, 11) is 1.41. The fraction of sp³-hybridized carbons (Fsp3) is 0.286. The molecule has 2 rings (SSSR count). The molecule has 0 spiro atoms. The molecule has 122 valence electrons. The molecular weight excluding hydrogens is 368 g/mol. The van der Waals surface area contributed by atoms with Gasteiger partial charge in [-0.1, -0.05) is 6.92 Å². The number of halogens is 1. The molecule has 9 heteroatoms. The summed E-state index contributed by atoms with van der Waals surface area (Å²) in [4.78, 5) is 22.6. The summed E-state index contributed by atoms with van der Waals surface area (Å²) in [6, 6.07) is 4.11. The number of methoxy groups -OCH3 is 1. The Morgan fingerprint density at radius 1 is 1.52 bits per heavy atom. The van der Waals surface area contributed by atoms with E-state index in [2.05, 4.69) is 26.3 Å². The van der Waals surface area contributed by atoms with Gasteiger partial charge in [-0.05, 0) is 15.9 Å². The van der Waals surface area contributed by atoms with Crippen LogP contribution in [0.3, 0.4) is 0 Å². The fourth-order valence-corrected chi connectivity index (χ4v) is 2.27. The second-order valence-electron chi connectivity index (χ2n) is 4.95. The molecule has 1 unspecified atom stereocenters. The van der Waals surface area contributed by atoms with E-state index >= 15 is 0 Å². The van der Waals surface area contributed by atoms with Gasteiger partial charge < -0.3 is 10.1 Å². The molecule has 0 aliphatic carbocycles. The number of hydrogen-bond acceptors (Lipinski definition) is 5. The molecule has 8 nitrogen and oxygen atoms in total. The summed E-state index contributed by atoms with van der Waals surface area (Å²) in [5.41, 5.74) is 0.165. The summed E-state index contributed by atoms with van der Waals surface area (Å²) in [6.07, 6.45) is 3.40. The largest absolute Gasteiger partial charge is 0.496 e. The number of nitrogens with zero attached hydrogens (tertiary/aromatic N) is 3. The van der Waals surface area contributed by atoms with Crippen LogP contribution in [0.1, 0.15) is 6.92 Å². The van der Waals surface area contributed by atoms with Crippen molar-refractivity contribution in [1.29, 1.82) is 0 Å². The molecular formula is C14H15BrN4O4. The van der Waals surface area contributed by atoms with Gasteiger partial charge in [0.25, 0.3) is 5.69 Å². The van der Waals surface area contributed by atoms with E-state index in [0.29, 0.717) is 18.0 Å². The Bertz CT molecular complexity index is 731. The molecule has 1 N–H and O–H groups in total. The highest BCUT2D eigenvalue weighted by atomic mass is 79.9. The maximum atomic E-state index is 12.2. The summed E-state index contributed by atoms with van der Waals surface area (Å²) in [6.45, 7) is 2.14. The van der Waals surface area contributed by atoms with Crippen molar-refractivity contribution in [3.63, 3.8) is 0 Å². The van der Waals surface area contributed by atoms with Crippen LogP contribution in [0.5, 0.6) is 5.75 Å². The first-order valence-corrected chi connectivity index (χ1v) is 7.50. The quantitative estimate of drug-likeness (QED) is 0.611. The number of amides is 1. The van der Waals surface area contributed by atoms with Gasteiger partial charge in [-0.25, -0.2) is 0 Å². The van der Waals surface area contributed by atoms with E-state index in [1.165, 1.54) is 25.3 Å². The first-order chi connectivity index (χ1) is 10.9. The minimum Gasteiger partial charge on any atom is -0.496 e. The molecule has 1 atom stereocenters. The highest BCUT2D eigenvalue weighted by molar-refractivity contribution is 9.10. The second kappa shape index (κ2) is 7.23. The van der Waals surface area contributed by atoms with Gasteiger partial charge in [0, 0.05) is 18.3 Å². The number of nitro benzene ring substituents is 1. The van der Waals surface area contributed by atoms with Crippen molar-refractivity contribution in [2.45, 2.75) is 13.5 Å². The van der Waals surface area contributed by atoms with Crippen molar-refractivity contribution in [3.8, 4) is 5.75 Å². The lowest BCUT2D eigenvalue weighted by Gasteiger charge is -2.13. The van der Waals surface area contributed by atoms with Crippen LogP contribution in [0.2, 0.25) is 0 Å². The summed E-state index contributed by atoms with van der Waals surface area (Å²) in [5.74, 6) is -0.329. The number of carbonyl (C=O) groups is 1. The predicted octanol–water partition coefficient (Wildman–Crippen LogP) is 2.84. The number of aromatic nitrogens is 2. The fourth-order valence-electron chi connectivity index (χ4n) is 1.95. The Kier molecular flexibility index (Phi) is 5.32. The zero-order valence-corrected chi connectivity index (χ0v) is 14.1. The van der Waals surface area contributed by atoms with Crippen molar-refractivity contribution < 1.29 is 14.5 Å². The van der Waals surface area contributed by atoms with Crippen molar-refractivity contribution in [2.24, 2.45) is 5.92 Å². The number of nitro groups is 1. The Balaban J connectivity index is 2.09. The van der Waals surface area contributed by atoms with Crippen LogP contribution in [0, 0.1) is 16.0 Å². The van der Waals surface area contributed by atoms with E-state index in [0.717, 1.165) is 4.47 Å². The minimum absolute atomic E-state index is 0.150. The molecule has 0 aliphatic rings. The number of carbonyl (C=O) groups excluding carboxylic acids is 1. The number of anilines is 1. The van der Waals surface area contributed by atoms with Gasteiger partial charge in [-0.2, -0.15) is 5.10 Å². The molecule has 0 fully saturated rings. The van der Waals surface area contributed by atoms with E-state index in [1.54, 1.807) is 24.0 Å². The van der Waals surface area contributed by atoms with Gasteiger partial charge >= 0.3 is 0 Å². The van der Waals surface area contributed by atoms with Gasteiger partial charge in [0.2, 0.25) is 5.91 Å². The van der Waals surface area contributed by atoms with Gasteiger partial charge in [-0.3, -0.25) is 19.6 Å². The molecule has 1 amide bonds. The summed E-state index contributed by atoms with van der Waals surface area (Å²) >= 11 is 3.29. The smallest absolute Gasteiger partial charge is 0.275 e. The lowest BCUT2D eigenvalue weighted by atomic mass is 10.1. The van der Waals surface area contributed by atoms with Crippen molar-refractivity contribution in [3.05, 3.63) is 45.2 Å². The first kappa shape index (κ1) is 16.9. The molecule has 2 aromatic rings. The van der Waals surface area contributed by atoms with E-state index in [-0.39, 0.29) is 17.5 Å². The average molecular weight is 383 g/mol. The number of nitrogens with one attached hydrogen (secondary N) is 1. The van der Waals surface area contributed by atoms with Crippen LogP contribution < -0.4 is 10.1 Å². The van der Waals surface area contributed by atoms with Gasteiger partial charge in [0.15, 0.2) is 0 Å². The zero-order chi connectivity index (χ0) is 17.0. The third kappa shape index (κ3) is 4.52. The Morgan fingerprint density at radius 2 is 2.26 bits per heavy atom. The number of ether oxygens (including phenoxy) is 1. The maximum absolute atomic E-state index is 12.2. The van der Waals surface area contributed by atoms with Crippen molar-refractivity contribution >= 4 is 33.2 Å². The van der Waals surface area contributed by atoms with E-state index in [1.807, 2.05) is 0 Å². The molecule has 0 bridgehead atoms. The molecule has 1 aromatic heterocycles. The Labute approximate surface area is 140 Å². The molecule has 0 saturated carbocycles. The maximum Gasteiger partial charge on any atom is 0.275 e. The van der Waals surface area contributed by atoms with E-state index < -0.39 is 4.92 Å². The summed E-state index contributed by atoms with van der Waals surface area (Å²) in [5, 5.41) is 17.7. The van der Waals surface area contributed by atoms with Gasteiger partial charge in [0.1, 0.15) is 5.75 Å². The third-order valence-electron chi connectivity index (χ3n) is 3.12. The number of hydrogen-bond donors (Lipinski definition) is 1. The topological polar surface area (TPSA) is 99.3 Å². The zero-order valence-electron chi connectivity index (χ0n) is 12.5. The Morgan fingerprint density at radius 3 is 2.83 bits per heavy atom. The van der Waals surface area contributed by atoms with Gasteiger partial charge in [0.05, 0.1) is 46.9 Å². The van der Waals surface area contributed by atoms with Crippen LogP contribution in [0.15, 0.2) is 35.1 Å². The molecule has 0 radical (unpaired) electrons. The normalized spacial score (nSPS) is 11.8. The molecule has 1 aromatic carbocycles. The van der Waals surface area contributed by atoms with Crippen LogP contribution in [0.25, 0.3) is 0 Å². The van der Waals surface area contributed by atoms with E-state index in [4.69, 9.17) is 4.74 Å². The van der Waals surface area contributed by atoms with Crippen LogP contribution >= 0.6 is 15.9 Å². The predicted molar refractivity (Wildman–Crippen MR) is 87.4 cm³/mol. The van der Waals surface area contributed by atoms with Crippen molar-refractivity contribution in [2.75, 3.05) is 12.4 Å². The lowest BCUT2D eigenvalue weighted by Crippen LogP contribution is -2.24. The first-order valence-electron chi connectivity index (χ1n) is 6.71. The molecule has 1 heterocycles. The second-order valence-corrected chi connectivity index (χ2v) is 5.86. The monoisotopic (exact) mass is 382 g/mol. The number of non-ortho nitro benzene ring substituents is 1. The minimum atomic E-state index is -0.539. The molecule has 0 aliphatic heterocycles. The Hall–Kier alpha value is -2.42. The highest BCUT2D eigenvalue weighted by Crippen LogP contribution is 2.26. The van der Waals surface area contributed by atoms with Crippen LogP contribution in [0.4, 0.5) is 11.4 Å². The molecule has 0 saturated heterocycles. The van der Waals surface area contributed by atoms with Crippen LogP contribution in [-0.4, -0.2) is 27.7 Å². The SMILES string of the molecule is COc1cc(NC(=O)C(C)Cn2cc(Br)cn2)cc([N+](=O)[O-])c1. The standard InChI is InChI=1S/C14H15BrN4O4/c1-9(7-18-8-10(15)6-16-18)14(20)17-11-3-12(19(21)22)5-13(4-11)23-2/h3-6,8-9H,7H2,1-2H3,(H,17,20). The van der Waals surface area contributed by atoms with E-state index in [9.17, 15) is 14.9 Å². The number of rotatable bonds is 6. The summed E-state index contributed by atoms with van der Waals surface area (Å²) < 4.78 is 7.48.